The van der Waals surface area contributed by atoms with Crippen LogP contribution in [0.5, 0.6) is 0 Å². The summed E-state index contributed by atoms with van der Waals surface area (Å²) in [6.45, 7) is 1.84. The molecule has 0 aliphatic rings. The van der Waals surface area contributed by atoms with Gasteiger partial charge in [-0.2, -0.15) is 11.8 Å². The number of hydrogen-bond acceptors (Lipinski definition) is 4. The first-order chi connectivity index (χ1) is 9.21. The van der Waals surface area contributed by atoms with Crippen LogP contribution in [0.3, 0.4) is 0 Å². The molecule has 1 heterocycles. The molecule has 1 aromatic rings. The number of pyridine rings is 1. The Labute approximate surface area is 118 Å². The van der Waals surface area contributed by atoms with Crippen molar-refractivity contribution in [3.05, 3.63) is 29.6 Å². The summed E-state index contributed by atoms with van der Waals surface area (Å²) in [4.78, 5) is 16.0. The van der Waals surface area contributed by atoms with Crippen molar-refractivity contribution < 1.29 is 9.90 Å². The first-order valence-electron chi connectivity index (χ1n) is 6.05. The van der Waals surface area contributed by atoms with E-state index >= 15 is 0 Å². The number of thioether (sulfide) groups is 1. The third-order valence-corrected chi connectivity index (χ3v) is 3.24. The van der Waals surface area contributed by atoms with Crippen LogP contribution in [0, 0.1) is 11.8 Å². The summed E-state index contributed by atoms with van der Waals surface area (Å²) in [6, 6.07) is 1.84. The second-order valence-electron chi connectivity index (χ2n) is 3.96. The molecule has 5 heteroatoms. The van der Waals surface area contributed by atoms with Gasteiger partial charge in [-0.3, -0.25) is 9.78 Å². The van der Waals surface area contributed by atoms with Crippen molar-refractivity contribution in [3.63, 3.8) is 0 Å². The minimum Gasteiger partial charge on any atom is -0.384 e. The van der Waals surface area contributed by atoms with Gasteiger partial charge in [0.2, 0.25) is 0 Å². The van der Waals surface area contributed by atoms with E-state index in [9.17, 15) is 4.79 Å². The molecule has 0 aliphatic heterocycles. The van der Waals surface area contributed by atoms with E-state index in [2.05, 4.69) is 22.1 Å². The Morgan fingerprint density at radius 2 is 2.37 bits per heavy atom. The van der Waals surface area contributed by atoms with Gasteiger partial charge in [0, 0.05) is 29.8 Å². The number of aliphatic hydroxyl groups is 1. The molecule has 1 aromatic heterocycles. The topological polar surface area (TPSA) is 62.2 Å². The van der Waals surface area contributed by atoms with Gasteiger partial charge in [-0.15, -0.1) is 0 Å². The van der Waals surface area contributed by atoms with Crippen LogP contribution in [0.4, 0.5) is 0 Å². The lowest BCUT2D eigenvalue weighted by Crippen LogP contribution is -2.36. The molecule has 0 aromatic carbocycles. The number of amides is 1. The average Bonchev–Trinajstić information content (AvgIpc) is 2.44. The van der Waals surface area contributed by atoms with Gasteiger partial charge in [0.25, 0.3) is 5.91 Å². The van der Waals surface area contributed by atoms with Crippen LogP contribution >= 0.6 is 11.8 Å². The Morgan fingerprint density at radius 1 is 1.58 bits per heavy atom. The highest BCUT2D eigenvalue weighted by Crippen LogP contribution is 2.05. The third kappa shape index (κ3) is 5.33. The lowest BCUT2D eigenvalue weighted by molar-refractivity contribution is 0.0939. The van der Waals surface area contributed by atoms with Crippen molar-refractivity contribution in [1.29, 1.82) is 0 Å². The summed E-state index contributed by atoms with van der Waals surface area (Å²) in [7, 11) is 0. The number of rotatable bonds is 5. The Morgan fingerprint density at radius 3 is 3.00 bits per heavy atom. The van der Waals surface area contributed by atoms with E-state index in [0.717, 1.165) is 12.2 Å². The summed E-state index contributed by atoms with van der Waals surface area (Å²) >= 11 is 1.71. The van der Waals surface area contributed by atoms with Crippen molar-refractivity contribution in [3.8, 4) is 11.8 Å². The van der Waals surface area contributed by atoms with E-state index in [1.54, 1.807) is 24.0 Å². The van der Waals surface area contributed by atoms with E-state index in [1.807, 2.05) is 13.2 Å². The SMILES string of the molecule is CCC(CSC)NC(=O)c1cncc(C#CCO)c1. The summed E-state index contributed by atoms with van der Waals surface area (Å²) < 4.78 is 0. The quantitative estimate of drug-likeness (QED) is 0.797. The highest BCUT2D eigenvalue weighted by molar-refractivity contribution is 7.98. The number of carbonyl (C=O) groups excluding carboxylic acids is 1. The number of aliphatic hydroxyl groups excluding tert-OH is 1. The molecule has 2 N–H and O–H groups in total. The lowest BCUT2D eigenvalue weighted by Gasteiger charge is -2.15. The van der Waals surface area contributed by atoms with Crippen LogP contribution < -0.4 is 5.32 Å². The largest absolute Gasteiger partial charge is 0.384 e. The molecule has 0 saturated heterocycles. The predicted molar refractivity (Wildman–Crippen MR) is 78.1 cm³/mol. The van der Waals surface area contributed by atoms with Crippen LogP contribution in [0.1, 0.15) is 29.3 Å². The van der Waals surface area contributed by atoms with Crippen LogP contribution in [-0.4, -0.2) is 40.7 Å². The van der Waals surface area contributed by atoms with E-state index < -0.39 is 0 Å². The maximum absolute atomic E-state index is 12.1. The highest BCUT2D eigenvalue weighted by atomic mass is 32.2. The molecule has 0 aliphatic carbocycles. The van der Waals surface area contributed by atoms with Crippen LogP contribution in [0.2, 0.25) is 0 Å². The first-order valence-corrected chi connectivity index (χ1v) is 7.45. The summed E-state index contributed by atoms with van der Waals surface area (Å²) in [5.41, 5.74) is 1.11. The van der Waals surface area contributed by atoms with Crippen LogP contribution in [0.15, 0.2) is 18.5 Å². The molecule has 19 heavy (non-hydrogen) atoms. The average molecular weight is 278 g/mol. The van der Waals surface area contributed by atoms with E-state index in [0.29, 0.717) is 11.1 Å². The third-order valence-electron chi connectivity index (χ3n) is 2.51. The molecule has 102 valence electrons. The Balaban J connectivity index is 2.76. The molecule has 0 fully saturated rings. The van der Waals surface area contributed by atoms with Crippen molar-refractivity contribution in [1.82, 2.24) is 10.3 Å². The normalized spacial score (nSPS) is 11.3. The number of nitrogens with one attached hydrogen (secondary N) is 1. The molecule has 1 atom stereocenters. The number of nitrogens with zero attached hydrogens (tertiary/aromatic N) is 1. The second-order valence-corrected chi connectivity index (χ2v) is 4.87. The maximum atomic E-state index is 12.1. The van der Waals surface area contributed by atoms with Gasteiger partial charge >= 0.3 is 0 Å². The molecule has 0 spiro atoms. The summed E-state index contributed by atoms with van der Waals surface area (Å²) in [6.07, 6.45) is 6.00. The Bertz CT molecular complexity index is 480. The molecular weight excluding hydrogens is 260 g/mol. The van der Waals surface area contributed by atoms with Gasteiger partial charge in [-0.05, 0) is 18.7 Å². The summed E-state index contributed by atoms with van der Waals surface area (Å²) in [5, 5.41) is 11.6. The van der Waals surface area contributed by atoms with Crippen LogP contribution in [0.25, 0.3) is 0 Å². The van der Waals surface area contributed by atoms with Gasteiger partial charge in [0.1, 0.15) is 6.61 Å². The molecule has 1 rings (SSSR count). The standard InChI is InChI=1S/C14H18N2O2S/c1-3-13(10-19-2)16-14(18)12-7-11(5-4-6-17)8-15-9-12/h7-9,13,17H,3,6,10H2,1-2H3,(H,16,18). The van der Waals surface area contributed by atoms with E-state index in [4.69, 9.17) is 5.11 Å². The number of carbonyl (C=O) groups is 1. The van der Waals surface area contributed by atoms with Crippen molar-refractivity contribution in [2.75, 3.05) is 18.6 Å². The molecular formula is C14H18N2O2S. The van der Waals surface area contributed by atoms with Gasteiger partial charge in [0.05, 0.1) is 5.56 Å². The zero-order valence-corrected chi connectivity index (χ0v) is 12.0. The molecule has 1 unspecified atom stereocenters. The maximum Gasteiger partial charge on any atom is 0.253 e. The molecule has 4 nitrogen and oxygen atoms in total. The van der Waals surface area contributed by atoms with Gasteiger partial charge < -0.3 is 10.4 Å². The Hall–Kier alpha value is -1.51. The molecule has 0 saturated carbocycles. The highest BCUT2D eigenvalue weighted by Gasteiger charge is 2.12. The van der Waals surface area contributed by atoms with Crippen LogP contribution in [-0.2, 0) is 0 Å². The molecule has 0 radical (unpaired) electrons. The van der Waals surface area contributed by atoms with Gasteiger partial charge in [0.15, 0.2) is 0 Å². The first kappa shape index (κ1) is 15.5. The minimum absolute atomic E-state index is 0.138. The van der Waals surface area contributed by atoms with Gasteiger partial charge in [-0.1, -0.05) is 18.8 Å². The fourth-order valence-corrected chi connectivity index (χ4v) is 2.23. The zero-order valence-electron chi connectivity index (χ0n) is 11.1. The fourth-order valence-electron chi connectivity index (χ4n) is 1.51. The van der Waals surface area contributed by atoms with Gasteiger partial charge in [-0.25, -0.2) is 0 Å². The fraction of sp³-hybridized carbons (Fsp3) is 0.429. The second kappa shape index (κ2) is 8.57. The van der Waals surface area contributed by atoms with Crippen molar-refractivity contribution in [2.24, 2.45) is 0 Å². The van der Waals surface area contributed by atoms with E-state index in [-0.39, 0.29) is 18.6 Å². The molecule has 1 amide bonds. The van der Waals surface area contributed by atoms with Crippen molar-refractivity contribution >= 4 is 17.7 Å². The van der Waals surface area contributed by atoms with E-state index in [1.165, 1.54) is 6.20 Å². The smallest absolute Gasteiger partial charge is 0.253 e. The van der Waals surface area contributed by atoms with Crippen molar-refractivity contribution in [2.45, 2.75) is 19.4 Å². The lowest BCUT2D eigenvalue weighted by atomic mass is 10.2. The molecule has 0 bridgehead atoms. The zero-order chi connectivity index (χ0) is 14.1. The minimum atomic E-state index is -0.206. The number of hydrogen-bond donors (Lipinski definition) is 2. The monoisotopic (exact) mass is 278 g/mol. The number of aromatic nitrogens is 1. The summed E-state index contributed by atoms with van der Waals surface area (Å²) in [5.74, 6) is 6.02. The predicted octanol–water partition coefficient (Wildman–Crippen LogP) is 1.30. The Kier molecular flexibility index (Phi) is 7.01.